The Morgan fingerprint density at radius 3 is 2.24 bits per heavy atom. The summed E-state index contributed by atoms with van der Waals surface area (Å²) in [6.45, 7) is 12.4. The lowest BCUT2D eigenvalue weighted by molar-refractivity contribution is -0.135. The van der Waals surface area contributed by atoms with Crippen LogP contribution in [-0.2, 0) is 16.1 Å². The number of hydrogen-bond acceptors (Lipinski definition) is 4. The van der Waals surface area contributed by atoms with Gasteiger partial charge in [0, 0.05) is 38.8 Å². The third-order valence-electron chi connectivity index (χ3n) is 5.28. The average Bonchev–Trinajstić information content (AvgIpc) is 2.65. The highest BCUT2D eigenvalue weighted by Gasteiger charge is 2.30. The first-order valence-corrected chi connectivity index (χ1v) is 10.6. The number of carbonyl (C=O) groups excluding carboxylic acids is 2. The van der Waals surface area contributed by atoms with Crippen LogP contribution >= 0.6 is 0 Å². The summed E-state index contributed by atoms with van der Waals surface area (Å²) in [5, 5.41) is 0. The first-order valence-electron chi connectivity index (χ1n) is 10.6. The molecule has 6 heteroatoms. The zero-order valence-electron chi connectivity index (χ0n) is 18.9. The molecule has 0 saturated carbocycles. The van der Waals surface area contributed by atoms with Gasteiger partial charge in [0.15, 0.2) is 0 Å². The monoisotopic (exact) mass is 403 g/mol. The molecule has 1 heterocycles. The lowest BCUT2D eigenvalue weighted by Crippen LogP contribution is -2.50. The highest BCUT2D eigenvalue weighted by Crippen LogP contribution is 2.19. The Morgan fingerprint density at radius 2 is 1.72 bits per heavy atom. The zero-order valence-corrected chi connectivity index (χ0v) is 18.9. The predicted octanol–water partition coefficient (Wildman–Crippen LogP) is 3.75. The molecule has 0 atom stereocenters. The van der Waals surface area contributed by atoms with Crippen LogP contribution in [0.25, 0.3) is 0 Å². The summed E-state index contributed by atoms with van der Waals surface area (Å²) < 4.78 is 5.47. The SMILES string of the molecule is CC(C)N(Cc1ccccc1)C(=O)CN1CCC(N(C)C(=O)OC(C)(C)C)CC1. The van der Waals surface area contributed by atoms with Gasteiger partial charge in [0.1, 0.15) is 5.60 Å². The summed E-state index contributed by atoms with van der Waals surface area (Å²) in [5.74, 6) is 0.155. The van der Waals surface area contributed by atoms with Gasteiger partial charge in [-0.1, -0.05) is 30.3 Å². The van der Waals surface area contributed by atoms with Crippen LogP contribution in [-0.4, -0.2) is 71.1 Å². The van der Waals surface area contributed by atoms with Crippen molar-refractivity contribution in [1.82, 2.24) is 14.7 Å². The van der Waals surface area contributed by atoms with Crippen LogP contribution in [0, 0.1) is 0 Å². The topological polar surface area (TPSA) is 53.1 Å². The second-order valence-corrected chi connectivity index (χ2v) is 9.20. The summed E-state index contributed by atoms with van der Waals surface area (Å²) in [6, 6.07) is 10.4. The van der Waals surface area contributed by atoms with Crippen LogP contribution < -0.4 is 0 Å². The first-order chi connectivity index (χ1) is 13.6. The smallest absolute Gasteiger partial charge is 0.410 e. The van der Waals surface area contributed by atoms with E-state index >= 15 is 0 Å². The van der Waals surface area contributed by atoms with Crippen LogP contribution in [0.3, 0.4) is 0 Å². The summed E-state index contributed by atoms with van der Waals surface area (Å²) in [6.07, 6.45) is 1.42. The van der Waals surface area contributed by atoms with Crippen molar-refractivity contribution >= 4 is 12.0 Å². The molecule has 0 unspecified atom stereocenters. The number of likely N-dealkylation sites (tertiary alicyclic amines) is 1. The van der Waals surface area contributed by atoms with Crippen LogP contribution in [0.1, 0.15) is 53.0 Å². The number of rotatable bonds is 6. The highest BCUT2D eigenvalue weighted by molar-refractivity contribution is 5.78. The molecular weight excluding hydrogens is 366 g/mol. The number of ether oxygens (including phenoxy) is 1. The Hall–Kier alpha value is -2.08. The molecule has 1 aromatic rings. The van der Waals surface area contributed by atoms with E-state index in [4.69, 9.17) is 4.74 Å². The van der Waals surface area contributed by atoms with E-state index < -0.39 is 5.60 Å². The molecule has 0 spiro atoms. The van der Waals surface area contributed by atoms with E-state index in [9.17, 15) is 9.59 Å². The van der Waals surface area contributed by atoms with Crippen molar-refractivity contribution in [2.75, 3.05) is 26.7 Å². The van der Waals surface area contributed by atoms with Gasteiger partial charge in [-0.2, -0.15) is 0 Å². The molecule has 0 aromatic heterocycles. The van der Waals surface area contributed by atoms with E-state index in [0.717, 1.165) is 31.5 Å². The molecule has 1 aromatic carbocycles. The van der Waals surface area contributed by atoms with E-state index in [1.165, 1.54) is 0 Å². The van der Waals surface area contributed by atoms with E-state index in [1.807, 2.05) is 43.9 Å². The molecule has 0 radical (unpaired) electrons. The summed E-state index contributed by atoms with van der Waals surface area (Å²) in [4.78, 5) is 31.1. The molecule has 6 nitrogen and oxygen atoms in total. The van der Waals surface area contributed by atoms with Gasteiger partial charge in [0.25, 0.3) is 0 Å². The summed E-state index contributed by atoms with van der Waals surface area (Å²) in [5.41, 5.74) is 0.657. The van der Waals surface area contributed by atoms with Crippen LogP contribution in [0.5, 0.6) is 0 Å². The van der Waals surface area contributed by atoms with Gasteiger partial charge < -0.3 is 14.5 Å². The molecule has 162 valence electrons. The Labute approximate surface area is 175 Å². The quantitative estimate of drug-likeness (QED) is 0.726. The number of piperidine rings is 1. The molecule has 1 aliphatic rings. The van der Waals surface area contributed by atoms with E-state index in [0.29, 0.717) is 13.1 Å². The maximum absolute atomic E-state index is 12.9. The zero-order chi connectivity index (χ0) is 21.6. The van der Waals surface area contributed by atoms with Crippen molar-refractivity contribution in [1.29, 1.82) is 0 Å². The highest BCUT2D eigenvalue weighted by atomic mass is 16.6. The van der Waals surface area contributed by atoms with Gasteiger partial charge >= 0.3 is 6.09 Å². The molecule has 1 aliphatic heterocycles. The lowest BCUT2D eigenvalue weighted by atomic mass is 10.0. The van der Waals surface area contributed by atoms with Crippen molar-refractivity contribution in [3.8, 4) is 0 Å². The summed E-state index contributed by atoms with van der Waals surface area (Å²) >= 11 is 0. The Kier molecular flexibility index (Phi) is 8.08. The molecule has 0 N–H and O–H groups in total. The largest absolute Gasteiger partial charge is 0.444 e. The molecule has 29 heavy (non-hydrogen) atoms. The van der Waals surface area contributed by atoms with E-state index in [-0.39, 0.29) is 24.1 Å². The minimum absolute atomic E-state index is 0.151. The van der Waals surface area contributed by atoms with E-state index in [2.05, 4.69) is 30.9 Å². The Morgan fingerprint density at radius 1 is 1.14 bits per heavy atom. The first kappa shape index (κ1) is 23.2. The number of carbonyl (C=O) groups is 2. The third kappa shape index (κ3) is 7.35. The van der Waals surface area contributed by atoms with Gasteiger partial charge in [0.2, 0.25) is 5.91 Å². The fourth-order valence-corrected chi connectivity index (χ4v) is 3.57. The molecule has 1 fully saturated rings. The second kappa shape index (κ2) is 10.1. The summed E-state index contributed by atoms with van der Waals surface area (Å²) in [7, 11) is 1.81. The molecule has 0 aliphatic carbocycles. The third-order valence-corrected chi connectivity index (χ3v) is 5.28. The van der Waals surface area contributed by atoms with Crippen LogP contribution in [0.4, 0.5) is 4.79 Å². The molecule has 0 bridgehead atoms. The van der Waals surface area contributed by atoms with Crippen molar-refractivity contribution in [3.63, 3.8) is 0 Å². The Bertz CT molecular complexity index is 662. The lowest BCUT2D eigenvalue weighted by Gasteiger charge is -2.38. The Balaban J connectivity index is 1.85. The van der Waals surface area contributed by atoms with Gasteiger partial charge in [0.05, 0.1) is 6.54 Å². The minimum Gasteiger partial charge on any atom is -0.444 e. The molecule has 2 rings (SSSR count). The van der Waals surface area contributed by atoms with Crippen molar-refractivity contribution in [2.45, 2.75) is 71.7 Å². The maximum Gasteiger partial charge on any atom is 0.410 e. The number of benzene rings is 1. The molecule has 2 amide bonds. The van der Waals surface area contributed by atoms with Gasteiger partial charge in [-0.3, -0.25) is 9.69 Å². The molecular formula is C23H37N3O3. The normalized spacial score (nSPS) is 16.0. The van der Waals surface area contributed by atoms with Crippen molar-refractivity contribution < 1.29 is 14.3 Å². The minimum atomic E-state index is -0.489. The number of nitrogens with zero attached hydrogens (tertiary/aromatic N) is 3. The standard InChI is InChI=1S/C23H37N3O3/c1-18(2)26(16-19-10-8-7-9-11-19)21(27)17-25-14-12-20(13-15-25)24(6)22(28)29-23(3,4)5/h7-11,18,20H,12-17H2,1-6H3. The van der Waals surface area contributed by atoms with Crippen LogP contribution in [0.15, 0.2) is 30.3 Å². The van der Waals surface area contributed by atoms with Crippen molar-refractivity contribution in [3.05, 3.63) is 35.9 Å². The fourth-order valence-electron chi connectivity index (χ4n) is 3.57. The van der Waals surface area contributed by atoms with Gasteiger partial charge in [-0.05, 0) is 53.0 Å². The van der Waals surface area contributed by atoms with Crippen LogP contribution in [0.2, 0.25) is 0 Å². The predicted molar refractivity (Wildman–Crippen MR) is 116 cm³/mol. The molecule has 1 saturated heterocycles. The van der Waals surface area contributed by atoms with E-state index in [1.54, 1.807) is 11.9 Å². The number of hydrogen-bond donors (Lipinski definition) is 0. The maximum atomic E-state index is 12.9. The van der Waals surface area contributed by atoms with Crippen molar-refractivity contribution in [2.24, 2.45) is 0 Å². The number of amides is 2. The van der Waals surface area contributed by atoms with Gasteiger partial charge in [-0.25, -0.2) is 4.79 Å². The second-order valence-electron chi connectivity index (χ2n) is 9.20. The average molecular weight is 404 g/mol. The fraction of sp³-hybridized carbons (Fsp3) is 0.652. The van der Waals surface area contributed by atoms with Gasteiger partial charge in [-0.15, -0.1) is 0 Å².